The SMILES string of the molecule is CCNCc1cc(-c2ccccc2OC(C)CC)on1. The molecule has 1 N–H and O–H groups in total. The molecule has 0 saturated heterocycles. The van der Waals surface area contributed by atoms with Crippen molar-refractivity contribution in [2.75, 3.05) is 6.54 Å². The lowest BCUT2D eigenvalue weighted by Gasteiger charge is -2.14. The smallest absolute Gasteiger partial charge is 0.170 e. The normalized spacial score (nSPS) is 12.3. The van der Waals surface area contributed by atoms with Gasteiger partial charge in [-0.05, 0) is 32.0 Å². The van der Waals surface area contributed by atoms with Gasteiger partial charge in [-0.25, -0.2) is 0 Å². The van der Waals surface area contributed by atoms with E-state index in [1.54, 1.807) is 0 Å². The van der Waals surface area contributed by atoms with Crippen LogP contribution in [0.2, 0.25) is 0 Å². The maximum absolute atomic E-state index is 5.94. The third-order valence-electron chi connectivity index (χ3n) is 3.17. The Morgan fingerprint density at radius 2 is 2.10 bits per heavy atom. The first-order chi connectivity index (χ1) is 9.74. The number of rotatable bonds is 7. The molecule has 1 unspecified atom stereocenters. The van der Waals surface area contributed by atoms with E-state index in [0.29, 0.717) is 6.54 Å². The van der Waals surface area contributed by atoms with E-state index in [1.807, 2.05) is 30.3 Å². The first kappa shape index (κ1) is 14.6. The third-order valence-corrected chi connectivity index (χ3v) is 3.17. The van der Waals surface area contributed by atoms with Crippen molar-refractivity contribution >= 4 is 0 Å². The van der Waals surface area contributed by atoms with Gasteiger partial charge in [0.25, 0.3) is 0 Å². The van der Waals surface area contributed by atoms with Crippen LogP contribution in [0.3, 0.4) is 0 Å². The van der Waals surface area contributed by atoms with E-state index in [9.17, 15) is 0 Å². The van der Waals surface area contributed by atoms with Crippen LogP contribution in [0, 0.1) is 0 Å². The molecule has 1 atom stereocenters. The topological polar surface area (TPSA) is 47.3 Å². The number of benzene rings is 1. The molecule has 4 nitrogen and oxygen atoms in total. The van der Waals surface area contributed by atoms with E-state index in [4.69, 9.17) is 9.26 Å². The van der Waals surface area contributed by atoms with Gasteiger partial charge in [-0.2, -0.15) is 0 Å². The average molecular weight is 274 g/mol. The lowest BCUT2D eigenvalue weighted by atomic mass is 10.1. The monoisotopic (exact) mass is 274 g/mol. The number of nitrogens with one attached hydrogen (secondary N) is 1. The Hall–Kier alpha value is -1.81. The van der Waals surface area contributed by atoms with Crippen LogP contribution < -0.4 is 10.1 Å². The zero-order valence-corrected chi connectivity index (χ0v) is 12.3. The molecule has 0 radical (unpaired) electrons. The molecule has 0 fully saturated rings. The summed E-state index contributed by atoms with van der Waals surface area (Å²) < 4.78 is 11.4. The summed E-state index contributed by atoms with van der Waals surface area (Å²) in [6, 6.07) is 9.87. The first-order valence-electron chi connectivity index (χ1n) is 7.17. The van der Waals surface area contributed by atoms with Crippen molar-refractivity contribution in [1.82, 2.24) is 10.5 Å². The molecule has 20 heavy (non-hydrogen) atoms. The van der Waals surface area contributed by atoms with E-state index in [2.05, 4.69) is 31.2 Å². The van der Waals surface area contributed by atoms with Crippen LogP contribution >= 0.6 is 0 Å². The zero-order chi connectivity index (χ0) is 14.4. The molecule has 0 amide bonds. The van der Waals surface area contributed by atoms with Crippen LogP contribution in [0.5, 0.6) is 5.75 Å². The minimum atomic E-state index is 0.181. The average Bonchev–Trinajstić information content (AvgIpc) is 2.94. The second kappa shape index (κ2) is 7.10. The predicted octanol–water partition coefficient (Wildman–Crippen LogP) is 3.63. The molecular weight excluding hydrogens is 252 g/mol. The van der Waals surface area contributed by atoms with Crippen LogP contribution in [-0.2, 0) is 6.54 Å². The van der Waals surface area contributed by atoms with E-state index in [0.717, 1.165) is 35.7 Å². The van der Waals surface area contributed by atoms with E-state index in [1.165, 1.54) is 0 Å². The number of nitrogens with zero attached hydrogens (tertiary/aromatic N) is 1. The molecule has 0 spiro atoms. The minimum Gasteiger partial charge on any atom is -0.490 e. The van der Waals surface area contributed by atoms with Crippen molar-refractivity contribution in [3.05, 3.63) is 36.0 Å². The fourth-order valence-electron chi connectivity index (χ4n) is 1.85. The number of aromatic nitrogens is 1. The van der Waals surface area contributed by atoms with Crippen molar-refractivity contribution in [2.24, 2.45) is 0 Å². The summed E-state index contributed by atoms with van der Waals surface area (Å²) in [5.74, 6) is 1.59. The second-order valence-corrected chi connectivity index (χ2v) is 4.80. The molecule has 0 aliphatic carbocycles. The van der Waals surface area contributed by atoms with Gasteiger partial charge in [0.05, 0.1) is 17.4 Å². The number of ether oxygens (including phenoxy) is 1. The van der Waals surface area contributed by atoms with Gasteiger partial charge in [0.2, 0.25) is 0 Å². The number of hydrogen-bond acceptors (Lipinski definition) is 4. The summed E-state index contributed by atoms with van der Waals surface area (Å²) in [7, 11) is 0. The number of para-hydroxylation sites is 1. The van der Waals surface area contributed by atoms with Gasteiger partial charge in [0.1, 0.15) is 5.75 Å². The third kappa shape index (κ3) is 3.61. The summed E-state index contributed by atoms with van der Waals surface area (Å²) in [6.45, 7) is 7.87. The lowest BCUT2D eigenvalue weighted by Crippen LogP contribution is -2.11. The largest absolute Gasteiger partial charge is 0.490 e. The summed E-state index contributed by atoms with van der Waals surface area (Å²) in [4.78, 5) is 0. The Bertz CT molecular complexity index is 537. The molecule has 0 aliphatic heterocycles. The predicted molar refractivity (Wildman–Crippen MR) is 79.7 cm³/mol. The Morgan fingerprint density at radius 3 is 2.85 bits per heavy atom. The zero-order valence-electron chi connectivity index (χ0n) is 12.3. The van der Waals surface area contributed by atoms with Gasteiger partial charge < -0.3 is 14.6 Å². The first-order valence-corrected chi connectivity index (χ1v) is 7.17. The molecule has 4 heteroatoms. The minimum absolute atomic E-state index is 0.181. The standard InChI is InChI=1S/C16H22N2O2/c1-4-12(3)19-15-9-7-6-8-14(15)16-10-13(18-20-16)11-17-5-2/h6-10,12,17H,4-5,11H2,1-3H3. The van der Waals surface area contributed by atoms with Crippen molar-refractivity contribution in [3.8, 4) is 17.1 Å². The Kier molecular flexibility index (Phi) is 5.18. The van der Waals surface area contributed by atoms with Crippen LogP contribution in [0.25, 0.3) is 11.3 Å². The van der Waals surface area contributed by atoms with Gasteiger partial charge in [-0.15, -0.1) is 0 Å². The molecule has 0 bridgehead atoms. The van der Waals surface area contributed by atoms with Crippen LogP contribution in [0.4, 0.5) is 0 Å². The number of hydrogen-bond donors (Lipinski definition) is 1. The van der Waals surface area contributed by atoms with E-state index < -0.39 is 0 Å². The molecule has 0 aliphatic rings. The van der Waals surface area contributed by atoms with Gasteiger partial charge >= 0.3 is 0 Å². The molecule has 1 aromatic carbocycles. The maximum atomic E-state index is 5.94. The fraction of sp³-hybridized carbons (Fsp3) is 0.438. The van der Waals surface area contributed by atoms with E-state index in [-0.39, 0.29) is 6.10 Å². The maximum Gasteiger partial charge on any atom is 0.170 e. The molecular formula is C16H22N2O2. The van der Waals surface area contributed by atoms with E-state index >= 15 is 0 Å². The summed E-state index contributed by atoms with van der Waals surface area (Å²) >= 11 is 0. The van der Waals surface area contributed by atoms with Crippen molar-refractivity contribution in [1.29, 1.82) is 0 Å². The van der Waals surface area contributed by atoms with Crippen LogP contribution in [0.15, 0.2) is 34.9 Å². The van der Waals surface area contributed by atoms with Crippen molar-refractivity contribution in [3.63, 3.8) is 0 Å². The molecule has 108 valence electrons. The van der Waals surface area contributed by atoms with Crippen molar-refractivity contribution < 1.29 is 9.26 Å². The van der Waals surface area contributed by atoms with Crippen molar-refractivity contribution in [2.45, 2.75) is 39.8 Å². The second-order valence-electron chi connectivity index (χ2n) is 4.80. The van der Waals surface area contributed by atoms with Gasteiger partial charge in [-0.1, -0.05) is 31.1 Å². The van der Waals surface area contributed by atoms with Gasteiger partial charge in [0, 0.05) is 12.6 Å². The summed E-state index contributed by atoms with van der Waals surface area (Å²) in [5, 5.41) is 7.31. The lowest BCUT2D eigenvalue weighted by molar-refractivity contribution is 0.218. The highest BCUT2D eigenvalue weighted by Crippen LogP contribution is 2.31. The molecule has 2 rings (SSSR count). The highest BCUT2D eigenvalue weighted by Gasteiger charge is 2.13. The summed E-state index contributed by atoms with van der Waals surface area (Å²) in [5.41, 5.74) is 1.85. The quantitative estimate of drug-likeness (QED) is 0.837. The molecule has 1 aromatic heterocycles. The Labute approximate surface area is 120 Å². The highest BCUT2D eigenvalue weighted by atomic mass is 16.5. The fourth-order valence-corrected chi connectivity index (χ4v) is 1.85. The molecule has 2 aromatic rings. The van der Waals surface area contributed by atoms with Crippen LogP contribution in [-0.4, -0.2) is 17.8 Å². The van der Waals surface area contributed by atoms with Crippen LogP contribution in [0.1, 0.15) is 32.9 Å². The highest BCUT2D eigenvalue weighted by molar-refractivity contribution is 5.65. The molecule has 1 heterocycles. The Morgan fingerprint density at radius 1 is 1.30 bits per heavy atom. The van der Waals surface area contributed by atoms with Gasteiger partial charge in [-0.3, -0.25) is 0 Å². The molecule has 0 saturated carbocycles. The summed E-state index contributed by atoms with van der Waals surface area (Å²) in [6.07, 6.45) is 1.15. The Balaban J connectivity index is 2.21. The van der Waals surface area contributed by atoms with Gasteiger partial charge in [0.15, 0.2) is 5.76 Å².